The molecule has 4 nitrogen and oxygen atoms in total. The van der Waals surface area contributed by atoms with Crippen molar-refractivity contribution in [1.82, 2.24) is 9.38 Å². The van der Waals surface area contributed by atoms with E-state index in [0.29, 0.717) is 11.3 Å². The van der Waals surface area contributed by atoms with Gasteiger partial charge < -0.3 is 9.72 Å². The number of hydrogen-bond acceptors (Lipinski definition) is 2. The number of amides is 1. The third-order valence-corrected chi connectivity index (χ3v) is 2.96. The van der Waals surface area contributed by atoms with Gasteiger partial charge in [-0.25, -0.2) is 9.37 Å². The molecule has 0 radical (unpaired) electrons. The lowest BCUT2D eigenvalue weighted by Crippen LogP contribution is -2.12. The van der Waals surface area contributed by atoms with E-state index in [4.69, 9.17) is 0 Å². The van der Waals surface area contributed by atoms with Gasteiger partial charge in [-0.2, -0.15) is 0 Å². The number of aromatic nitrogens is 2. The maximum Gasteiger partial charge on any atom is 0.275 e. The number of pyridine rings is 1. The van der Waals surface area contributed by atoms with E-state index in [1.54, 1.807) is 0 Å². The number of benzene rings is 1. The highest BCUT2D eigenvalue weighted by molar-refractivity contribution is 6.03. The van der Waals surface area contributed by atoms with Gasteiger partial charge in [0.1, 0.15) is 17.2 Å². The Labute approximate surface area is 114 Å². The molecule has 3 rings (SSSR count). The van der Waals surface area contributed by atoms with Crippen LogP contribution in [0.2, 0.25) is 0 Å². The van der Waals surface area contributed by atoms with Crippen LogP contribution in [0.25, 0.3) is 5.65 Å². The molecule has 3 aromatic rings. The number of imidazole rings is 1. The van der Waals surface area contributed by atoms with Crippen LogP contribution in [0.15, 0.2) is 48.8 Å². The summed E-state index contributed by atoms with van der Waals surface area (Å²) in [6.45, 7) is 1.97. The van der Waals surface area contributed by atoms with Crippen molar-refractivity contribution in [1.29, 1.82) is 0 Å². The van der Waals surface area contributed by atoms with Crippen LogP contribution < -0.4 is 5.32 Å². The van der Waals surface area contributed by atoms with Gasteiger partial charge in [-0.05, 0) is 31.2 Å². The number of anilines is 1. The molecule has 100 valence electrons. The molecule has 0 aliphatic heterocycles. The minimum absolute atomic E-state index is 0.246. The van der Waals surface area contributed by atoms with Crippen LogP contribution in [-0.4, -0.2) is 15.3 Å². The minimum Gasteiger partial charge on any atom is -0.321 e. The van der Waals surface area contributed by atoms with Crippen LogP contribution in [0.4, 0.5) is 10.1 Å². The highest BCUT2D eigenvalue weighted by Crippen LogP contribution is 2.12. The average molecular weight is 269 g/mol. The van der Waals surface area contributed by atoms with E-state index in [2.05, 4.69) is 10.3 Å². The smallest absolute Gasteiger partial charge is 0.275 e. The van der Waals surface area contributed by atoms with Gasteiger partial charge in [0.15, 0.2) is 0 Å². The monoisotopic (exact) mass is 269 g/mol. The fourth-order valence-corrected chi connectivity index (χ4v) is 1.91. The number of hydrogen-bond donors (Lipinski definition) is 1. The summed E-state index contributed by atoms with van der Waals surface area (Å²) < 4.78 is 14.6. The maximum atomic E-state index is 13.1. The summed E-state index contributed by atoms with van der Waals surface area (Å²) in [7, 11) is 0. The molecule has 0 unspecified atom stereocenters. The van der Waals surface area contributed by atoms with Gasteiger partial charge in [0.05, 0.1) is 0 Å². The van der Waals surface area contributed by atoms with E-state index in [0.717, 1.165) is 5.56 Å². The predicted molar refractivity (Wildman–Crippen MR) is 74.3 cm³/mol. The molecule has 0 atom stereocenters. The Bertz CT molecular complexity index is 777. The first-order valence-corrected chi connectivity index (χ1v) is 6.14. The molecule has 1 N–H and O–H groups in total. The van der Waals surface area contributed by atoms with Crippen molar-refractivity contribution in [2.24, 2.45) is 0 Å². The molecule has 0 saturated carbocycles. The van der Waals surface area contributed by atoms with Gasteiger partial charge in [-0.3, -0.25) is 4.79 Å². The van der Waals surface area contributed by atoms with Crippen LogP contribution >= 0.6 is 0 Å². The topological polar surface area (TPSA) is 46.4 Å². The second kappa shape index (κ2) is 4.77. The molecule has 0 fully saturated rings. The lowest BCUT2D eigenvalue weighted by molar-refractivity contribution is 0.102. The SMILES string of the molecule is Cc1ccc(NC(=O)c2cn3cc(F)ccc3n2)cc1. The number of rotatable bonds is 2. The summed E-state index contributed by atoms with van der Waals surface area (Å²) >= 11 is 0. The van der Waals surface area contributed by atoms with Crippen molar-refractivity contribution >= 4 is 17.2 Å². The van der Waals surface area contributed by atoms with Crippen LogP contribution in [0.5, 0.6) is 0 Å². The third kappa shape index (κ3) is 2.38. The normalized spacial score (nSPS) is 10.7. The average Bonchev–Trinajstić information content (AvgIpc) is 2.84. The molecular formula is C15H12FN3O. The summed E-state index contributed by atoms with van der Waals surface area (Å²) in [6, 6.07) is 10.3. The number of carbonyl (C=O) groups excluding carboxylic acids is 1. The highest BCUT2D eigenvalue weighted by atomic mass is 19.1. The number of halogens is 1. The van der Waals surface area contributed by atoms with Crippen LogP contribution in [0.3, 0.4) is 0 Å². The first-order valence-electron chi connectivity index (χ1n) is 6.14. The standard InChI is InChI=1S/C15H12FN3O/c1-10-2-5-12(6-3-10)17-15(20)13-9-19-8-11(16)4-7-14(19)18-13/h2-9H,1H3,(H,17,20). The van der Waals surface area contributed by atoms with E-state index in [1.807, 2.05) is 31.2 Å². The van der Waals surface area contributed by atoms with E-state index >= 15 is 0 Å². The third-order valence-electron chi connectivity index (χ3n) is 2.96. The van der Waals surface area contributed by atoms with Crippen molar-refractivity contribution in [3.8, 4) is 0 Å². The van der Waals surface area contributed by atoms with Crippen LogP contribution in [0.1, 0.15) is 16.1 Å². The van der Waals surface area contributed by atoms with Gasteiger partial charge in [0.25, 0.3) is 5.91 Å². The molecule has 2 heterocycles. The van der Waals surface area contributed by atoms with Crippen molar-refractivity contribution < 1.29 is 9.18 Å². The Hall–Kier alpha value is -2.69. The van der Waals surface area contributed by atoms with Gasteiger partial charge in [0.2, 0.25) is 0 Å². The fraction of sp³-hybridized carbons (Fsp3) is 0.0667. The number of fused-ring (bicyclic) bond motifs is 1. The van der Waals surface area contributed by atoms with Crippen molar-refractivity contribution in [2.45, 2.75) is 6.92 Å². The summed E-state index contributed by atoms with van der Waals surface area (Å²) in [5, 5.41) is 2.75. The van der Waals surface area contributed by atoms with E-state index in [-0.39, 0.29) is 17.4 Å². The number of aryl methyl sites for hydroxylation is 1. The summed E-state index contributed by atoms with van der Waals surface area (Å²) in [4.78, 5) is 16.2. The summed E-state index contributed by atoms with van der Waals surface area (Å²) in [6.07, 6.45) is 2.78. The molecule has 5 heteroatoms. The van der Waals surface area contributed by atoms with Crippen LogP contribution in [0, 0.1) is 12.7 Å². The lowest BCUT2D eigenvalue weighted by atomic mass is 10.2. The number of nitrogens with zero attached hydrogens (tertiary/aromatic N) is 2. The van der Waals surface area contributed by atoms with Crippen LogP contribution in [-0.2, 0) is 0 Å². The quantitative estimate of drug-likeness (QED) is 0.777. The molecule has 0 aliphatic carbocycles. The zero-order chi connectivity index (χ0) is 14.1. The highest BCUT2D eigenvalue weighted by Gasteiger charge is 2.11. The van der Waals surface area contributed by atoms with E-state index < -0.39 is 0 Å². The minimum atomic E-state index is -0.375. The molecule has 0 aliphatic rings. The van der Waals surface area contributed by atoms with E-state index in [9.17, 15) is 9.18 Å². The number of carbonyl (C=O) groups is 1. The zero-order valence-electron chi connectivity index (χ0n) is 10.8. The summed E-state index contributed by atoms with van der Waals surface area (Å²) in [5.41, 5.74) is 2.59. The van der Waals surface area contributed by atoms with Crippen molar-refractivity contribution in [3.63, 3.8) is 0 Å². The summed E-state index contributed by atoms with van der Waals surface area (Å²) in [5.74, 6) is -0.696. The number of nitrogens with one attached hydrogen (secondary N) is 1. The Morgan fingerprint density at radius 2 is 1.90 bits per heavy atom. The van der Waals surface area contributed by atoms with Crippen molar-refractivity contribution in [3.05, 3.63) is 65.9 Å². The van der Waals surface area contributed by atoms with Gasteiger partial charge in [-0.15, -0.1) is 0 Å². The predicted octanol–water partition coefficient (Wildman–Crippen LogP) is 3.03. The van der Waals surface area contributed by atoms with Gasteiger partial charge >= 0.3 is 0 Å². The molecule has 0 saturated heterocycles. The Morgan fingerprint density at radius 3 is 2.65 bits per heavy atom. The first-order chi connectivity index (χ1) is 9.61. The molecule has 20 heavy (non-hydrogen) atoms. The largest absolute Gasteiger partial charge is 0.321 e. The second-order valence-electron chi connectivity index (χ2n) is 4.56. The maximum absolute atomic E-state index is 13.1. The van der Waals surface area contributed by atoms with Gasteiger partial charge in [0, 0.05) is 18.1 Å². The molecule has 2 aromatic heterocycles. The fourth-order valence-electron chi connectivity index (χ4n) is 1.91. The second-order valence-corrected chi connectivity index (χ2v) is 4.56. The molecule has 0 spiro atoms. The molecule has 1 aromatic carbocycles. The Morgan fingerprint density at radius 1 is 1.15 bits per heavy atom. The van der Waals surface area contributed by atoms with Gasteiger partial charge in [-0.1, -0.05) is 17.7 Å². The molecular weight excluding hydrogens is 257 g/mol. The first kappa shape index (κ1) is 12.3. The lowest BCUT2D eigenvalue weighted by Gasteiger charge is -2.02. The molecule has 1 amide bonds. The van der Waals surface area contributed by atoms with E-state index in [1.165, 1.54) is 28.9 Å². The Kier molecular flexibility index (Phi) is 2.95. The van der Waals surface area contributed by atoms with Crippen molar-refractivity contribution in [2.75, 3.05) is 5.32 Å². The molecule has 0 bridgehead atoms. The zero-order valence-corrected chi connectivity index (χ0v) is 10.8. The Balaban J connectivity index is 1.86.